The van der Waals surface area contributed by atoms with Gasteiger partial charge >= 0.3 is 0 Å². The van der Waals surface area contributed by atoms with Gasteiger partial charge in [-0.3, -0.25) is 0 Å². The molecule has 0 atom stereocenters. The van der Waals surface area contributed by atoms with Crippen LogP contribution in [0.25, 0.3) is 98.4 Å². The van der Waals surface area contributed by atoms with Crippen LogP contribution >= 0.6 is 11.3 Å². The molecule has 0 bridgehead atoms. The number of aromatic nitrogens is 4. The second-order valence-corrected chi connectivity index (χ2v) is 13.7. The van der Waals surface area contributed by atoms with Crippen molar-refractivity contribution >= 4 is 53.9 Å². The number of rotatable bonds is 5. The lowest BCUT2D eigenvalue weighted by Crippen LogP contribution is -2.00. The van der Waals surface area contributed by atoms with E-state index in [-0.39, 0.29) is 0 Å². The molecule has 10 rings (SSSR count). The van der Waals surface area contributed by atoms with Gasteiger partial charge in [-0.2, -0.15) is 0 Å². The average molecular weight is 669 g/mol. The molecule has 2 heterocycles. The molecule has 2 aromatic heterocycles. The number of thiazole rings is 1. The van der Waals surface area contributed by atoms with E-state index in [1.807, 2.05) is 42.5 Å². The lowest BCUT2D eigenvalue weighted by Gasteiger charge is -2.11. The molecule has 0 fully saturated rings. The molecule has 0 unspecified atom stereocenters. The van der Waals surface area contributed by atoms with Gasteiger partial charge in [-0.15, -0.1) is 11.3 Å². The fourth-order valence-corrected chi connectivity index (χ4v) is 8.05. The first kappa shape index (κ1) is 29.4. The Morgan fingerprint density at radius 3 is 1.51 bits per heavy atom. The molecule has 238 valence electrons. The number of benzene rings is 8. The van der Waals surface area contributed by atoms with Gasteiger partial charge in [0.25, 0.3) is 0 Å². The van der Waals surface area contributed by atoms with Crippen LogP contribution in [0.4, 0.5) is 0 Å². The van der Waals surface area contributed by atoms with E-state index in [9.17, 15) is 0 Å². The second kappa shape index (κ2) is 12.1. The van der Waals surface area contributed by atoms with Crippen LogP contribution < -0.4 is 0 Å². The molecule has 0 aliphatic carbocycles. The maximum atomic E-state index is 5.13. The predicted molar refractivity (Wildman–Crippen MR) is 213 cm³/mol. The fraction of sp³-hybridized carbons (Fsp3) is 0. The molecule has 10 aromatic rings. The smallest absolute Gasteiger partial charge is 0.164 e. The standard InChI is InChI=1S/C46H28N4S/c1-4-10-29(11-5-1)34-19-20-36-27-37(23-21-35(36)26-34)44-48-43(32-12-6-2-7-13-32)49-45(50-44)38-22-17-30-16-18-31-24-25-40-42(41(31)39(30)28-38)51-46(47-40)33-14-8-3-9-15-33/h1-28H. The molecule has 0 radical (unpaired) electrons. The van der Waals surface area contributed by atoms with Crippen LogP contribution in [0.15, 0.2) is 170 Å². The molecule has 5 heteroatoms. The maximum Gasteiger partial charge on any atom is 0.164 e. The van der Waals surface area contributed by atoms with Crippen molar-refractivity contribution in [2.24, 2.45) is 0 Å². The number of fused-ring (bicyclic) bond motifs is 6. The summed E-state index contributed by atoms with van der Waals surface area (Å²) in [4.78, 5) is 20.3. The molecular weight excluding hydrogens is 641 g/mol. The molecule has 0 spiro atoms. The van der Waals surface area contributed by atoms with E-state index >= 15 is 0 Å². The second-order valence-electron chi connectivity index (χ2n) is 12.7. The van der Waals surface area contributed by atoms with Crippen LogP contribution in [0, 0.1) is 0 Å². The van der Waals surface area contributed by atoms with Gasteiger partial charge in [-0.1, -0.05) is 146 Å². The number of hydrogen-bond acceptors (Lipinski definition) is 5. The zero-order chi connectivity index (χ0) is 33.7. The molecule has 51 heavy (non-hydrogen) atoms. The van der Waals surface area contributed by atoms with Gasteiger partial charge in [0.05, 0.1) is 10.2 Å². The van der Waals surface area contributed by atoms with Crippen LogP contribution in [-0.2, 0) is 0 Å². The average Bonchev–Trinajstić information content (AvgIpc) is 3.66. The van der Waals surface area contributed by atoms with Crippen molar-refractivity contribution in [1.82, 2.24) is 19.9 Å². The van der Waals surface area contributed by atoms with Crippen molar-refractivity contribution in [2.45, 2.75) is 0 Å². The Bertz CT molecular complexity index is 2900. The molecule has 4 nitrogen and oxygen atoms in total. The third-order valence-electron chi connectivity index (χ3n) is 9.51. The highest BCUT2D eigenvalue weighted by atomic mass is 32.1. The molecule has 0 N–H and O–H groups in total. The summed E-state index contributed by atoms with van der Waals surface area (Å²) in [7, 11) is 0. The number of nitrogens with zero attached hydrogens (tertiary/aromatic N) is 4. The normalized spacial score (nSPS) is 11.5. The minimum absolute atomic E-state index is 0.638. The molecule has 0 saturated carbocycles. The highest BCUT2D eigenvalue weighted by Gasteiger charge is 2.16. The topological polar surface area (TPSA) is 51.6 Å². The van der Waals surface area contributed by atoms with E-state index < -0.39 is 0 Å². The Kier molecular flexibility index (Phi) is 6.96. The van der Waals surface area contributed by atoms with Crippen LogP contribution in [0.1, 0.15) is 0 Å². The van der Waals surface area contributed by atoms with Crippen LogP contribution in [0.5, 0.6) is 0 Å². The van der Waals surface area contributed by atoms with Crippen molar-refractivity contribution in [3.8, 4) is 55.9 Å². The van der Waals surface area contributed by atoms with Gasteiger partial charge in [-0.05, 0) is 62.3 Å². The quantitative estimate of drug-likeness (QED) is 0.171. The Balaban J connectivity index is 1.13. The lowest BCUT2D eigenvalue weighted by molar-refractivity contribution is 1.08. The molecule has 0 aliphatic heterocycles. The van der Waals surface area contributed by atoms with Crippen LogP contribution in [0.2, 0.25) is 0 Å². The largest absolute Gasteiger partial charge is 0.236 e. The van der Waals surface area contributed by atoms with Gasteiger partial charge in [0.15, 0.2) is 17.5 Å². The van der Waals surface area contributed by atoms with Crippen molar-refractivity contribution in [2.75, 3.05) is 0 Å². The summed E-state index contributed by atoms with van der Waals surface area (Å²) in [5, 5.41) is 8.03. The van der Waals surface area contributed by atoms with Crippen LogP contribution in [-0.4, -0.2) is 19.9 Å². The zero-order valence-electron chi connectivity index (χ0n) is 27.4. The molecule has 0 saturated heterocycles. The van der Waals surface area contributed by atoms with Gasteiger partial charge in [0, 0.05) is 27.6 Å². The highest BCUT2D eigenvalue weighted by molar-refractivity contribution is 7.22. The Hall–Kier alpha value is -6.56. The predicted octanol–water partition coefficient (Wildman–Crippen LogP) is 12.3. The van der Waals surface area contributed by atoms with Gasteiger partial charge in [-0.25, -0.2) is 19.9 Å². The van der Waals surface area contributed by atoms with Gasteiger partial charge < -0.3 is 0 Å². The first-order valence-corrected chi connectivity index (χ1v) is 17.8. The summed E-state index contributed by atoms with van der Waals surface area (Å²) in [5.41, 5.74) is 7.36. The summed E-state index contributed by atoms with van der Waals surface area (Å²) in [6.07, 6.45) is 0. The SMILES string of the molecule is c1ccc(-c2ccc3cc(-c4nc(-c5ccccc5)nc(-c5ccc6ccc7ccc8nc(-c9ccccc9)sc8c7c6c5)n4)ccc3c2)cc1. The monoisotopic (exact) mass is 668 g/mol. The van der Waals surface area contributed by atoms with E-state index in [2.05, 4.69) is 127 Å². The van der Waals surface area contributed by atoms with Gasteiger partial charge in [0.2, 0.25) is 0 Å². The van der Waals surface area contributed by atoms with Gasteiger partial charge in [0.1, 0.15) is 5.01 Å². The maximum absolute atomic E-state index is 5.13. The minimum atomic E-state index is 0.638. The zero-order valence-corrected chi connectivity index (χ0v) is 28.2. The Morgan fingerprint density at radius 2 is 0.824 bits per heavy atom. The highest BCUT2D eigenvalue weighted by Crippen LogP contribution is 2.39. The summed E-state index contributed by atoms with van der Waals surface area (Å²) in [6.45, 7) is 0. The molecule has 8 aromatic carbocycles. The fourth-order valence-electron chi connectivity index (χ4n) is 6.91. The minimum Gasteiger partial charge on any atom is -0.236 e. The Labute approximate surface area is 298 Å². The molecule has 0 amide bonds. The van der Waals surface area contributed by atoms with E-state index in [1.54, 1.807) is 11.3 Å². The molecular formula is C46H28N4S. The third-order valence-corrected chi connectivity index (χ3v) is 10.6. The lowest BCUT2D eigenvalue weighted by atomic mass is 9.99. The summed E-state index contributed by atoms with van der Waals surface area (Å²) in [6, 6.07) is 59.3. The van der Waals surface area contributed by atoms with E-state index in [0.717, 1.165) is 48.9 Å². The summed E-state index contributed by atoms with van der Waals surface area (Å²) >= 11 is 1.74. The van der Waals surface area contributed by atoms with Crippen molar-refractivity contribution < 1.29 is 0 Å². The summed E-state index contributed by atoms with van der Waals surface area (Å²) < 4.78 is 1.18. The Morgan fingerprint density at radius 1 is 0.333 bits per heavy atom. The first-order chi connectivity index (χ1) is 25.2. The van der Waals surface area contributed by atoms with E-state index in [0.29, 0.717) is 17.5 Å². The van der Waals surface area contributed by atoms with Crippen molar-refractivity contribution in [1.29, 1.82) is 0 Å². The summed E-state index contributed by atoms with van der Waals surface area (Å²) in [5.74, 6) is 1.92. The van der Waals surface area contributed by atoms with E-state index in [1.165, 1.54) is 32.0 Å². The van der Waals surface area contributed by atoms with Crippen LogP contribution in [0.3, 0.4) is 0 Å². The van der Waals surface area contributed by atoms with Crippen molar-refractivity contribution in [3.63, 3.8) is 0 Å². The number of hydrogen-bond donors (Lipinski definition) is 0. The third kappa shape index (κ3) is 5.32. The molecule has 0 aliphatic rings. The van der Waals surface area contributed by atoms with E-state index in [4.69, 9.17) is 19.9 Å². The first-order valence-electron chi connectivity index (χ1n) is 17.0. The van der Waals surface area contributed by atoms with Crippen molar-refractivity contribution in [3.05, 3.63) is 170 Å².